The van der Waals surface area contributed by atoms with Crippen LogP contribution >= 0.6 is 23.1 Å². The summed E-state index contributed by atoms with van der Waals surface area (Å²) in [5.41, 5.74) is 3.62. The predicted octanol–water partition coefficient (Wildman–Crippen LogP) is 4.81. The maximum Gasteiger partial charge on any atom is 0.266 e. The Labute approximate surface area is 205 Å². The lowest BCUT2D eigenvalue weighted by Crippen LogP contribution is -2.18. The first-order chi connectivity index (χ1) is 16.3. The Morgan fingerprint density at radius 1 is 1.09 bits per heavy atom. The van der Waals surface area contributed by atoms with Crippen molar-refractivity contribution in [3.05, 3.63) is 85.8 Å². The molecule has 0 radical (unpaired) electrons. The van der Waals surface area contributed by atoms with Crippen molar-refractivity contribution < 1.29 is 9.59 Å². The SMILES string of the molecule is CNC(=O)c1cccc(NC(=O)c2sc3nc(CSc4cc(C)ccc4C)[nH]c(=O)c3c2C)c1. The van der Waals surface area contributed by atoms with Gasteiger partial charge in [-0.05, 0) is 56.2 Å². The van der Waals surface area contributed by atoms with Crippen LogP contribution in [-0.4, -0.2) is 28.8 Å². The highest BCUT2D eigenvalue weighted by atomic mass is 32.2. The van der Waals surface area contributed by atoms with Crippen molar-refractivity contribution in [2.45, 2.75) is 31.4 Å². The molecule has 2 amide bonds. The average Bonchev–Trinajstić information content (AvgIpc) is 3.16. The van der Waals surface area contributed by atoms with Gasteiger partial charge in [0.2, 0.25) is 0 Å². The first-order valence-electron chi connectivity index (χ1n) is 10.6. The summed E-state index contributed by atoms with van der Waals surface area (Å²) in [5.74, 6) is 0.492. The molecule has 9 heteroatoms. The molecule has 0 aliphatic heterocycles. The van der Waals surface area contributed by atoms with E-state index in [1.807, 2.05) is 6.92 Å². The predicted molar refractivity (Wildman–Crippen MR) is 138 cm³/mol. The molecule has 0 saturated heterocycles. The molecule has 174 valence electrons. The molecule has 4 rings (SSSR count). The van der Waals surface area contributed by atoms with Crippen molar-refractivity contribution in [1.82, 2.24) is 15.3 Å². The lowest BCUT2D eigenvalue weighted by molar-refractivity contribution is 0.0961. The van der Waals surface area contributed by atoms with Crippen LogP contribution in [0.2, 0.25) is 0 Å². The molecule has 2 aromatic heterocycles. The number of anilines is 1. The number of amides is 2. The van der Waals surface area contributed by atoms with Gasteiger partial charge in [0.05, 0.1) is 16.0 Å². The van der Waals surface area contributed by atoms with Gasteiger partial charge in [0, 0.05) is 23.2 Å². The van der Waals surface area contributed by atoms with Crippen molar-refractivity contribution in [3.63, 3.8) is 0 Å². The second-order valence-electron chi connectivity index (χ2n) is 7.92. The third-order valence-electron chi connectivity index (χ3n) is 5.37. The summed E-state index contributed by atoms with van der Waals surface area (Å²) in [6.45, 7) is 5.85. The van der Waals surface area contributed by atoms with Crippen LogP contribution in [0.3, 0.4) is 0 Å². The van der Waals surface area contributed by atoms with E-state index in [2.05, 4.69) is 45.7 Å². The van der Waals surface area contributed by atoms with Gasteiger partial charge in [-0.3, -0.25) is 14.4 Å². The van der Waals surface area contributed by atoms with Crippen molar-refractivity contribution >= 4 is 50.8 Å². The van der Waals surface area contributed by atoms with E-state index in [1.165, 1.54) is 22.5 Å². The molecule has 0 unspecified atom stereocenters. The molecule has 0 spiro atoms. The Bertz CT molecular complexity index is 1470. The fraction of sp³-hybridized carbons (Fsp3) is 0.200. The Morgan fingerprint density at radius 3 is 2.65 bits per heavy atom. The van der Waals surface area contributed by atoms with E-state index in [4.69, 9.17) is 0 Å². The molecule has 0 aliphatic rings. The van der Waals surface area contributed by atoms with Crippen LogP contribution in [0.5, 0.6) is 0 Å². The van der Waals surface area contributed by atoms with Gasteiger partial charge in [0.25, 0.3) is 17.4 Å². The Hall–Kier alpha value is -3.43. The number of nitrogens with zero attached hydrogens (tertiary/aromatic N) is 1. The first kappa shape index (κ1) is 23.7. The molecule has 0 saturated carbocycles. The highest BCUT2D eigenvalue weighted by Gasteiger charge is 2.20. The van der Waals surface area contributed by atoms with Crippen molar-refractivity contribution in [3.8, 4) is 0 Å². The van der Waals surface area contributed by atoms with Crippen LogP contribution in [0.25, 0.3) is 10.2 Å². The van der Waals surface area contributed by atoms with Gasteiger partial charge in [-0.1, -0.05) is 23.8 Å². The molecule has 0 fully saturated rings. The average molecular weight is 493 g/mol. The molecule has 3 N–H and O–H groups in total. The number of aryl methyl sites for hydroxylation is 3. The molecule has 4 aromatic rings. The summed E-state index contributed by atoms with van der Waals surface area (Å²) in [4.78, 5) is 47.3. The maximum atomic E-state index is 13.0. The van der Waals surface area contributed by atoms with Crippen LogP contribution in [0.4, 0.5) is 5.69 Å². The molecule has 7 nitrogen and oxygen atoms in total. The zero-order valence-corrected chi connectivity index (χ0v) is 20.9. The monoisotopic (exact) mass is 492 g/mol. The van der Waals surface area contributed by atoms with E-state index >= 15 is 0 Å². The Morgan fingerprint density at radius 2 is 1.88 bits per heavy atom. The van der Waals surface area contributed by atoms with Crippen LogP contribution in [-0.2, 0) is 5.75 Å². The summed E-state index contributed by atoms with van der Waals surface area (Å²) in [6.07, 6.45) is 0. The summed E-state index contributed by atoms with van der Waals surface area (Å²) in [7, 11) is 1.55. The highest BCUT2D eigenvalue weighted by molar-refractivity contribution is 7.98. The molecule has 0 atom stereocenters. The quantitative estimate of drug-likeness (QED) is 0.335. The smallest absolute Gasteiger partial charge is 0.266 e. The number of aromatic nitrogens is 2. The minimum atomic E-state index is -0.347. The normalized spacial score (nSPS) is 10.9. The largest absolute Gasteiger partial charge is 0.355 e. The van der Waals surface area contributed by atoms with E-state index < -0.39 is 0 Å². The third-order valence-corrected chi connectivity index (χ3v) is 7.73. The summed E-state index contributed by atoms with van der Waals surface area (Å²) in [5, 5.41) is 5.81. The van der Waals surface area contributed by atoms with E-state index in [0.717, 1.165) is 4.90 Å². The van der Waals surface area contributed by atoms with Crippen LogP contribution in [0.1, 0.15) is 42.5 Å². The zero-order valence-electron chi connectivity index (χ0n) is 19.2. The number of hydrogen-bond donors (Lipinski definition) is 3. The minimum absolute atomic E-state index is 0.240. The van der Waals surface area contributed by atoms with E-state index in [1.54, 1.807) is 50.0 Å². The molecular weight excluding hydrogens is 468 g/mol. The van der Waals surface area contributed by atoms with E-state index in [0.29, 0.717) is 43.5 Å². The van der Waals surface area contributed by atoms with Gasteiger partial charge in [0.1, 0.15) is 10.7 Å². The second kappa shape index (κ2) is 9.82. The fourth-order valence-corrected chi connectivity index (χ4v) is 5.64. The van der Waals surface area contributed by atoms with Crippen molar-refractivity contribution in [1.29, 1.82) is 0 Å². The Balaban J connectivity index is 1.59. The maximum absolute atomic E-state index is 13.0. The third kappa shape index (κ3) is 4.90. The molecule has 34 heavy (non-hydrogen) atoms. The van der Waals surface area contributed by atoms with Gasteiger partial charge in [-0.2, -0.15) is 0 Å². The lowest BCUT2D eigenvalue weighted by Gasteiger charge is -2.06. The van der Waals surface area contributed by atoms with Crippen molar-refractivity contribution in [2.75, 3.05) is 12.4 Å². The number of H-pyrrole nitrogens is 1. The van der Waals surface area contributed by atoms with E-state index in [-0.39, 0.29) is 17.4 Å². The minimum Gasteiger partial charge on any atom is -0.355 e. The fourth-order valence-electron chi connectivity index (χ4n) is 3.55. The molecule has 0 bridgehead atoms. The molecule has 2 heterocycles. The number of thioether (sulfide) groups is 1. The number of benzene rings is 2. The first-order valence-corrected chi connectivity index (χ1v) is 12.4. The van der Waals surface area contributed by atoms with Crippen LogP contribution in [0.15, 0.2) is 52.2 Å². The summed E-state index contributed by atoms with van der Waals surface area (Å²) < 4.78 is 0. The molecule has 2 aromatic carbocycles. The summed E-state index contributed by atoms with van der Waals surface area (Å²) >= 11 is 2.81. The van der Waals surface area contributed by atoms with Gasteiger partial charge < -0.3 is 15.6 Å². The number of nitrogens with one attached hydrogen (secondary N) is 3. The number of fused-ring (bicyclic) bond motifs is 1. The second-order valence-corrected chi connectivity index (χ2v) is 9.94. The molecular formula is C25H24N4O3S2. The van der Waals surface area contributed by atoms with E-state index in [9.17, 15) is 14.4 Å². The number of aromatic amines is 1. The molecule has 0 aliphatic carbocycles. The van der Waals surface area contributed by atoms with Gasteiger partial charge >= 0.3 is 0 Å². The number of thiophene rings is 1. The lowest BCUT2D eigenvalue weighted by atomic mass is 10.1. The van der Waals surface area contributed by atoms with Gasteiger partial charge in [0.15, 0.2) is 0 Å². The topological polar surface area (TPSA) is 104 Å². The van der Waals surface area contributed by atoms with Crippen LogP contribution < -0.4 is 16.2 Å². The number of carbonyl (C=O) groups is 2. The zero-order chi connectivity index (χ0) is 24.4. The van der Waals surface area contributed by atoms with Crippen molar-refractivity contribution in [2.24, 2.45) is 0 Å². The number of carbonyl (C=O) groups excluding carboxylic acids is 2. The standard InChI is InChI=1S/C25H24N4O3S2/c1-13-8-9-14(2)18(10-13)33-12-19-28-23(31)20-15(3)21(34-25(20)29-19)24(32)27-17-7-5-6-16(11-17)22(30)26-4/h5-11H,12H2,1-4H3,(H,26,30)(H,27,32)(H,28,29,31). The summed E-state index contributed by atoms with van der Waals surface area (Å²) in [6, 6.07) is 12.9. The highest BCUT2D eigenvalue weighted by Crippen LogP contribution is 2.30. The number of hydrogen-bond acceptors (Lipinski definition) is 6. The van der Waals surface area contributed by atoms with Gasteiger partial charge in [-0.15, -0.1) is 23.1 Å². The Kier molecular flexibility index (Phi) is 6.85. The van der Waals surface area contributed by atoms with Gasteiger partial charge in [-0.25, -0.2) is 4.98 Å². The van der Waals surface area contributed by atoms with Crippen LogP contribution in [0, 0.1) is 20.8 Å². The number of rotatable bonds is 6.